The SMILES string of the molecule is COC1Oc2c(oc(=O)c3cc4ccccc4cc23)-c2cc3ccccc3cc21. The van der Waals surface area contributed by atoms with E-state index in [0.717, 1.165) is 38.1 Å². The van der Waals surface area contributed by atoms with E-state index in [0.29, 0.717) is 16.9 Å². The zero-order valence-electron chi connectivity index (χ0n) is 15.6. The van der Waals surface area contributed by atoms with Gasteiger partial charge in [0.15, 0.2) is 11.5 Å². The van der Waals surface area contributed by atoms with E-state index in [4.69, 9.17) is 13.9 Å². The molecule has 29 heavy (non-hydrogen) atoms. The Kier molecular flexibility index (Phi) is 3.34. The Morgan fingerprint density at radius 3 is 2.03 bits per heavy atom. The topological polar surface area (TPSA) is 48.7 Å². The number of hydrogen-bond acceptors (Lipinski definition) is 4. The molecule has 4 aromatic carbocycles. The Morgan fingerprint density at radius 2 is 1.38 bits per heavy atom. The molecule has 0 radical (unpaired) electrons. The van der Waals surface area contributed by atoms with Crippen molar-refractivity contribution >= 4 is 32.3 Å². The Labute approximate surface area is 165 Å². The van der Waals surface area contributed by atoms with E-state index in [1.54, 1.807) is 7.11 Å². The van der Waals surface area contributed by atoms with Gasteiger partial charge in [0.05, 0.1) is 5.39 Å². The normalized spacial score (nSPS) is 15.3. The summed E-state index contributed by atoms with van der Waals surface area (Å²) in [4.78, 5) is 12.9. The summed E-state index contributed by atoms with van der Waals surface area (Å²) in [5.74, 6) is 0.992. The van der Waals surface area contributed by atoms with Crippen molar-refractivity contribution in [2.75, 3.05) is 7.11 Å². The fourth-order valence-corrected chi connectivity index (χ4v) is 4.20. The van der Waals surface area contributed by atoms with E-state index >= 15 is 0 Å². The van der Waals surface area contributed by atoms with E-state index in [1.165, 1.54) is 0 Å². The third-order valence-electron chi connectivity index (χ3n) is 5.61. The molecule has 4 nitrogen and oxygen atoms in total. The zero-order valence-corrected chi connectivity index (χ0v) is 15.6. The molecule has 1 atom stereocenters. The van der Waals surface area contributed by atoms with Gasteiger partial charge in [-0.3, -0.25) is 0 Å². The molecule has 140 valence electrons. The van der Waals surface area contributed by atoms with Crippen LogP contribution < -0.4 is 10.4 Å². The summed E-state index contributed by atoms with van der Waals surface area (Å²) in [6.45, 7) is 0. The quantitative estimate of drug-likeness (QED) is 0.345. The molecule has 4 heteroatoms. The molecular weight excluding hydrogens is 364 g/mol. The van der Waals surface area contributed by atoms with Gasteiger partial charge in [-0.15, -0.1) is 0 Å². The van der Waals surface area contributed by atoms with Crippen LogP contribution in [0.5, 0.6) is 5.75 Å². The second-order valence-corrected chi connectivity index (χ2v) is 7.26. The van der Waals surface area contributed by atoms with E-state index in [1.807, 2.05) is 72.8 Å². The van der Waals surface area contributed by atoms with Crippen molar-refractivity contribution in [3.63, 3.8) is 0 Å². The van der Waals surface area contributed by atoms with Crippen LogP contribution in [0.1, 0.15) is 11.9 Å². The maximum absolute atomic E-state index is 12.9. The average molecular weight is 380 g/mol. The maximum Gasteiger partial charge on any atom is 0.344 e. The molecule has 0 saturated carbocycles. The number of benzene rings is 4. The minimum absolute atomic E-state index is 0.372. The highest BCUT2D eigenvalue weighted by Crippen LogP contribution is 2.47. The van der Waals surface area contributed by atoms with E-state index in [9.17, 15) is 4.79 Å². The molecule has 1 aliphatic rings. The molecule has 0 saturated heterocycles. The second-order valence-electron chi connectivity index (χ2n) is 7.26. The summed E-state index contributed by atoms with van der Waals surface area (Å²) >= 11 is 0. The van der Waals surface area contributed by atoms with Gasteiger partial charge in [-0.1, -0.05) is 48.5 Å². The van der Waals surface area contributed by atoms with Crippen LogP contribution in [0.3, 0.4) is 0 Å². The van der Waals surface area contributed by atoms with Crippen molar-refractivity contribution in [1.29, 1.82) is 0 Å². The van der Waals surface area contributed by atoms with Gasteiger partial charge < -0.3 is 13.9 Å². The number of fused-ring (bicyclic) bond motifs is 7. The van der Waals surface area contributed by atoms with Gasteiger partial charge in [-0.2, -0.15) is 0 Å². The molecule has 2 heterocycles. The van der Waals surface area contributed by atoms with Gasteiger partial charge in [0, 0.05) is 23.6 Å². The highest BCUT2D eigenvalue weighted by Gasteiger charge is 2.31. The summed E-state index contributed by atoms with van der Waals surface area (Å²) in [6, 6.07) is 23.9. The van der Waals surface area contributed by atoms with Crippen molar-refractivity contribution in [2.24, 2.45) is 0 Å². The van der Waals surface area contributed by atoms with Gasteiger partial charge in [0.25, 0.3) is 0 Å². The minimum atomic E-state index is -0.579. The maximum atomic E-state index is 12.9. The minimum Gasteiger partial charge on any atom is -0.456 e. The van der Waals surface area contributed by atoms with E-state index in [2.05, 4.69) is 0 Å². The first-order valence-electron chi connectivity index (χ1n) is 9.45. The van der Waals surface area contributed by atoms with Crippen molar-refractivity contribution in [1.82, 2.24) is 0 Å². The molecule has 5 aromatic rings. The van der Waals surface area contributed by atoms with Crippen molar-refractivity contribution < 1.29 is 13.9 Å². The Hall–Kier alpha value is -3.63. The van der Waals surface area contributed by atoms with Crippen molar-refractivity contribution in [3.8, 4) is 17.1 Å². The average Bonchev–Trinajstić information content (AvgIpc) is 2.76. The molecule has 6 rings (SSSR count). The molecule has 0 spiro atoms. The van der Waals surface area contributed by atoms with Gasteiger partial charge in [0.2, 0.25) is 6.29 Å². The summed E-state index contributed by atoms with van der Waals surface area (Å²) in [5.41, 5.74) is 1.30. The van der Waals surface area contributed by atoms with Crippen LogP contribution in [-0.2, 0) is 4.74 Å². The molecule has 1 aromatic heterocycles. The van der Waals surface area contributed by atoms with Crippen molar-refractivity contribution in [3.05, 3.63) is 88.8 Å². The lowest BCUT2D eigenvalue weighted by Gasteiger charge is -2.27. The van der Waals surface area contributed by atoms with Crippen LogP contribution in [0, 0.1) is 0 Å². The first kappa shape index (κ1) is 16.3. The van der Waals surface area contributed by atoms with Crippen LogP contribution in [0.25, 0.3) is 43.6 Å². The molecule has 0 N–H and O–H groups in total. The second kappa shape index (κ2) is 5.93. The fourth-order valence-electron chi connectivity index (χ4n) is 4.20. The van der Waals surface area contributed by atoms with Gasteiger partial charge >= 0.3 is 5.63 Å². The third kappa shape index (κ3) is 2.33. The lowest BCUT2D eigenvalue weighted by molar-refractivity contribution is -0.0581. The highest BCUT2D eigenvalue weighted by atomic mass is 16.7. The van der Waals surface area contributed by atoms with E-state index in [-0.39, 0.29) is 5.63 Å². The number of rotatable bonds is 1. The van der Waals surface area contributed by atoms with Crippen LogP contribution in [0.4, 0.5) is 0 Å². The van der Waals surface area contributed by atoms with Crippen LogP contribution in [0.2, 0.25) is 0 Å². The largest absolute Gasteiger partial charge is 0.456 e. The van der Waals surface area contributed by atoms with E-state index < -0.39 is 6.29 Å². The summed E-state index contributed by atoms with van der Waals surface area (Å²) < 4.78 is 17.7. The zero-order chi connectivity index (χ0) is 19.5. The molecule has 0 fully saturated rings. The lowest BCUT2D eigenvalue weighted by Crippen LogP contribution is -2.18. The molecule has 0 bridgehead atoms. The van der Waals surface area contributed by atoms with Gasteiger partial charge in [0.1, 0.15) is 0 Å². The predicted molar refractivity (Wildman–Crippen MR) is 113 cm³/mol. The third-order valence-corrected chi connectivity index (χ3v) is 5.61. The van der Waals surface area contributed by atoms with Crippen LogP contribution in [0.15, 0.2) is 82.0 Å². The predicted octanol–water partition coefficient (Wildman–Crippen LogP) is 5.80. The van der Waals surface area contributed by atoms with Gasteiger partial charge in [-0.05, 0) is 45.8 Å². The monoisotopic (exact) mass is 380 g/mol. The lowest BCUT2D eigenvalue weighted by atomic mass is 9.95. The van der Waals surface area contributed by atoms with Crippen molar-refractivity contribution in [2.45, 2.75) is 6.29 Å². The Bertz CT molecular complexity index is 1500. The highest BCUT2D eigenvalue weighted by molar-refractivity contribution is 6.03. The molecule has 0 aliphatic carbocycles. The molecule has 1 aliphatic heterocycles. The molecule has 1 unspecified atom stereocenters. The standard InChI is InChI=1S/C25H16O4/c1-27-25-21-13-17-9-5-3-7-15(17)11-19(21)22-23(29-25)18-10-14-6-2-4-8-16(14)12-20(18)24(26)28-22/h2-13,25H,1H3. The molecule has 0 amide bonds. The van der Waals surface area contributed by atoms with Crippen LogP contribution in [-0.4, -0.2) is 7.11 Å². The fraction of sp³-hybridized carbons (Fsp3) is 0.0800. The Balaban J connectivity index is 1.74. The number of methoxy groups -OCH3 is 1. The Morgan fingerprint density at radius 1 is 0.793 bits per heavy atom. The van der Waals surface area contributed by atoms with Crippen LogP contribution >= 0.6 is 0 Å². The summed E-state index contributed by atoms with van der Waals surface area (Å²) in [7, 11) is 1.62. The smallest absolute Gasteiger partial charge is 0.344 e. The summed E-state index contributed by atoms with van der Waals surface area (Å²) in [5, 5.41) is 5.40. The first-order valence-corrected chi connectivity index (χ1v) is 9.45. The number of ether oxygens (including phenoxy) is 2. The van der Waals surface area contributed by atoms with Gasteiger partial charge in [-0.25, -0.2) is 4.79 Å². The number of hydrogen-bond donors (Lipinski definition) is 0. The first-order chi connectivity index (χ1) is 14.2. The molecular formula is C25H16O4. The summed E-state index contributed by atoms with van der Waals surface area (Å²) in [6.07, 6.45) is -0.579.